The zero-order chi connectivity index (χ0) is 17.1. The van der Waals surface area contributed by atoms with E-state index in [0.29, 0.717) is 29.5 Å². The molecule has 0 aliphatic heterocycles. The highest BCUT2D eigenvalue weighted by molar-refractivity contribution is 9.10. The van der Waals surface area contributed by atoms with E-state index >= 15 is 0 Å². The number of carbonyl (C=O) groups is 1. The van der Waals surface area contributed by atoms with Gasteiger partial charge in [-0.05, 0) is 72.6 Å². The van der Waals surface area contributed by atoms with Crippen molar-refractivity contribution in [3.05, 3.63) is 42.0 Å². The van der Waals surface area contributed by atoms with E-state index < -0.39 is 0 Å². The number of ether oxygens (including phenoxy) is 1. The third kappa shape index (κ3) is 2.16. The molecule has 0 heterocycles. The number of hydrogen-bond donors (Lipinski definition) is 0. The lowest BCUT2D eigenvalue weighted by Gasteiger charge is -2.51. The molecule has 24 heavy (non-hydrogen) atoms. The van der Waals surface area contributed by atoms with Crippen molar-refractivity contribution in [2.75, 3.05) is 7.11 Å². The summed E-state index contributed by atoms with van der Waals surface area (Å²) in [7, 11) is 1.73. The Balaban J connectivity index is 1.78. The molecule has 0 unspecified atom stereocenters. The first-order chi connectivity index (χ1) is 11.5. The molecule has 3 heteroatoms. The summed E-state index contributed by atoms with van der Waals surface area (Å²) in [4.78, 5) is 12.8. The minimum absolute atomic E-state index is 0.0361. The second-order valence-corrected chi connectivity index (χ2v) is 9.09. The predicted molar refractivity (Wildman–Crippen MR) is 99.8 cm³/mol. The van der Waals surface area contributed by atoms with Gasteiger partial charge in [-0.15, -0.1) is 6.58 Å². The second-order valence-electron chi connectivity index (χ2n) is 7.98. The van der Waals surface area contributed by atoms with Crippen molar-refractivity contribution in [2.45, 2.75) is 43.4 Å². The van der Waals surface area contributed by atoms with Gasteiger partial charge in [0.2, 0.25) is 0 Å². The predicted octanol–water partition coefficient (Wildman–Crippen LogP) is 4.91. The van der Waals surface area contributed by atoms with Crippen LogP contribution in [0.3, 0.4) is 0 Å². The lowest BCUT2D eigenvalue weighted by molar-refractivity contribution is -0.129. The van der Waals surface area contributed by atoms with Crippen molar-refractivity contribution in [1.29, 1.82) is 0 Å². The van der Waals surface area contributed by atoms with Crippen LogP contribution in [0.4, 0.5) is 0 Å². The normalized spacial score (nSPS) is 40.5. The van der Waals surface area contributed by atoms with Gasteiger partial charge < -0.3 is 4.74 Å². The lowest BCUT2D eigenvalue weighted by atomic mass is 9.53. The number of carbonyl (C=O) groups excluding carboxylic acids is 1. The minimum Gasteiger partial charge on any atom is -0.497 e. The number of benzene rings is 1. The Morgan fingerprint density at radius 2 is 2.21 bits per heavy atom. The molecule has 1 aromatic rings. The molecule has 2 saturated carbocycles. The number of methoxy groups -OCH3 is 1. The van der Waals surface area contributed by atoms with Gasteiger partial charge in [0.1, 0.15) is 5.75 Å². The van der Waals surface area contributed by atoms with Crippen LogP contribution < -0.4 is 4.74 Å². The van der Waals surface area contributed by atoms with Crippen LogP contribution in [0.2, 0.25) is 0 Å². The maximum atomic E-state index is 12.8. The summed E-state index contributed by atoms with van der Waals surface area (Å²) < 4.78 is 5.42. The van der Waals surface area contributed by atoms with Gasteiger partial charge >= 0.3 is 0 Å². The fourth-order valence-corrected chi connectivity index (χ4v) is 6.71. The number of hydrogen-bond acceptors (Lipinski definition) is 2. The Morgan fingerprint density at radius 3 is 2.92 bits per heavy atom. The number of Topliss-reactive ketones (excluding diaryl/α,β-unsaturated/α-hetero) is 1. The Bertz CT molecular complexity index is 697. The zero-order valence-corrected chi connectivity index (χ0v) is 16.0. The molecule has 0 radical (unpaired) electrons. The summed E-state index contributed by atoms with van der Waals surface area (Å²) in [6.07, 6.45) is 6.25. The van der Waals surface area contributed by atoms with E-state index in [1.54, 1.807) is 7.11 Å². The minimum atomic E-state index is -0.152. The SMILES string of the molecule is C=C[C@@H]1Cc2cc(OC)ccc2[C@H]2CC[C@]3(C)C(=O)[C@H](Br)C[C@H]3[C@H]12. The monoisotopic (exact) mass is 388 g/mol. The van der Waals surface area contributed by atoms with E-state index in [2.05, 4.69) is 53.7 Å². The number of halogens is 1. The maximum absolute atomic E-state index is 12.8. The molecule has 3 aliphatic carbocycles. The highest BCUT2D eigenvalue weighted by atomic mass is 79.9. The van der Waals surface area contributed by atoms with Gasteiger partial charge in [-0.2, -0.15) is 0 Å². The summed E-state index contributed by atoms with van der Waals surface area (Å²) in [5.74, 6) is 3.36. The summed E-state index contributed by atoms with van der Waals surface area (Å²) >= 11 is 3.65. The largest absolute Gasteiger partial charge is 0.497 e. The third-order valence-corrected chi connectivity index (χ3v) is 7.82. The van der Waals surface area contributed by atoms with Gasteiger partial charge in [0.25, 0.3) is 0 Å². The molecule has 128 valence electrons. The molecule has 0 N–H and O–H groups in total. The molecule has 3 aliphatic rings. The molecule has 0 aromatic heterocycles. The molecule has 1 aromatic carbocycles. The highest BCUT2D eigenvalue weighted by Gasteiger charge is 2.59. The van der Waals surface area contributed by atoms with Crippen LogP contribution >= 0.6 is 15.9 Å². The molecule has 0 spiro atoms. The molecular formula is C21H25BrO2. The van der Waals surface area contributed by atoms with Crippen LogP contribution in [0, 0.1) is 23.2 Å². The molecule has 0 amide bonds. The van der Waals surface area contributed by atoms with E-state index in [1.165, 1.54) is 11.1 Å². The van der Waals surface area contributed by atoms with Crippen LogP contribution in [0.25, 0.3) is 0 Å². The van der Waals surface area contributed by atoms with Crippen molar-refractivity contribution < 1.29 is 9.53 Å². The molecule has 0 bridgehead atoms. The summed E-state index contributed by atoms with van der Waals surface area (Å²) in [5.41, 5.74) is 2.73. The van der Waals surface area contributed by atoms with Gasteiger partial charge in [-0.25, -0.2) is 0 Å². The van der Waals surface area contributed by atoms with Crippen molar-refractivity contribution in [1.82, 2.24) is 0 Å². The number of ketones is 1. The van der Waals surface area contributed by atoms with Crippen LogP contribution in [-0.2, 0) is 11.2 Å². The Labute approximate surface area is 152 Å². The van der Waals surface area contributed by atoms with Crippen LogP contribution in [0.15, 0.2) is 30.9 Å². The quantitative estimate of drug-likeness (QED) is 0.531. The topological polar surface area (TPSA) is 26.3 Å². The maximum Gasteiger partial charge on any atom is 0.152 e. The molecule has 2 nitrogen and oxygen atoms in total. The van der Waals surface area contributed by atoms with Crippen LogP contribution in [-0.4, -0.2) is 17.7 Å². The van der Waals surface area contributed by atoms with Gasteiger partial charge in [-0.1, -0.05) is 35.0 Å². The van der Waals surface area contributed by atoms with Gasteiger partial charge in [-0.3, -0.25) is 4.79 Å². The van der Waals surface area contributed by atoms with E-state index in [-0.39, 0.29) is 10.2 Å². The fourth-order valence-electron chi connectivity index (χ4n) is 5.79. The van der Waals surface area contributed by atoms with Crippen molar-refractivity contribution in [3.8, 4) is 5.75 Å². The van der Waals surface area contributed by atoms with Crippen molar-refractivity contribution >= 4 is 21.7 Å². The van der Waals surface area contributed by atoms with Crippen LogP contribution in [0.1, 0.15) is 43.2 Å². The summed E-state index contributed by atoms with van der Waals surface area (Å²) in [6, 6.07) is 6.55. The van der Waals surface area contributed by atoms with E-state index in [0.717, 1.165) is 31.4 Å². The average Bonchev–Trinajstić information content (AvgIpc) is 2.83. The van der Waals surface area contributed by atoms with Crippen LogP contribution in [0.5, 0.6) is 5.75 Å². The average molecular weight is 389 g/mol. The number of fused-ring (bicyclic) bond motifs is 5. The smallest absolute Gasteiger partial charge is 0.152 e. The highest BCUT2D eigenvalue weighted by Crippen LogP contribution is 2.62. The first-order valence-electron chi connectivity index (χ1n) is 8.97. The molecule has 6 atom stereocenters. The lowest BCUT2D eigenvalue weighted by Crippen LogP contribution is -2.45. The molecule has 2 fully saturated rings. The van der Waals surface area contributed by atoms with Gasteiger partial charge in [0.15, 0.2) is 5.78 Å². The molecule has 0 saturated heterocycles. The first-order valence-corrected chi connectivity index (χ1v) is 9.89. The van der Waals surface area contributed by atoms with Crippen molar-refractivity contribution in [3.63, 3.8) is 0 Å². The molecular weight excluding hydrogens is 364 g/mol. The second kappa shape index (κ2) is 5.72. The Morgan fingerprint density at radius 1 is 1.42 bits per heavy atom. The van der Waals surface area contributed by atoms with E-state index in [1.807, 2.05) is 0 Å². The summed E-state index contributed by atoms with van der Waals surface area (Å²) in [5, 5.41) is 0. The fraction of sp³-hybridized carbons (Fsp3) is 0.571. The first kappa shape index (κ1) is 16.4. The third-order valence-electron chi connectivity index (χ3n) is 7.03. The standard InChI is InChI=1S/C21H25BrO2/c1-4-12-9-13-10-14(24-3)5-6-15(13)16-7-8-21(2)17(19(12)16)11-18(22)20(21)23/h4-6,10,12,16-19H,1,7-9,11H2,2-3H3/t12-,16-,17+,18-,19-,21+/m1/s1. The van der Waals surface area contributed by atoms with E-state index in [4.69, 9.17) is 4.74 Å². The van der Waals surface area contributed by atoms with E-state index in [9.17, 15) is 4.79 Å². The molecule has 4 rings (SSSR count). The zero-order valence-electron chi connectivity index (χ0n) is 14.4. The van der Waals surface area contributed by atoms with Gasteiger partial charge in [0.05, 0.1) is 11.9 Å². The Hall–Kier alpha value is -1.09. The van der Waals surface area contributed by atoms with Gasteiger partial charge in [0, 0.05) is 5.41 Å². The number of rotatable bonds is 2. The number of allylic oxidation sites excluding steroid dienone is 1. The summed E-state index contributed by atoms with van der Waals surface area (Å²) in [6.45, 7) is 6.35. The van der Waals surface area contributed by atoms with Crippen molar-refractivity contribution in [2.24, 2.45) is 23.2 Å². The Kier molecular flexibility index (Phi) is 3.91. The number of alkyl halides is 1.